The summed E-state index contributed by atoms with van der Waals surface area (Å²) >= 11 is 0. The fraction of sp³-hybridized carbons (Fsp3) is 0.565. The molecule has 0 saturated carbocycles. The Morgan fingerprint density at radius 3 is 2.19 bits per heavy atom. The standard InChI is InChI=1S/C23H28N4O4/c28-20-4-3-19(21(29)25-20)27-22(30)17-2-1-16(13-18(17)23(27)31)26-11-7-15(8-12-26)14-5-9-24-10-6-14/h1-2,13-15,19,24H,3-12H2,(H,25,28,29). The lowest BCUT2D eigenvalue weighted by molar-refractivity contribution is -0.136. The van der Waals surface area contributed by atoms with Crippen molar-refractivity contribution in [2.45, 2.75) is 44.6 Å². The molecule has 2 N–H and O–H groups in total. The van der Waals surface area contributed by atoms with E-state index in [0.29, 0.717) is 11.1 Å². The molecule has 4 aliphatic heterocycles. The molecule has 0 spiro atoms. The number of anilines is 1. The van der Waals surface area contributed by atoms with Gasteiger partial charge in [-0.15, -0.1) is 0 Å². The van der Waals surface area contributed by atoms with Gasteiger partial charge in [0.2, 0.25) is 11.8 Å². The third-order valence-electron chi connectivity index (χ3n) is 7.38. The number of nitrogens with zero attached hydrogens (tertiary/aromatic N) is 2. The van der Waals surface area contributed by atoms with Crippen LogP contribution >= 0.6 is 0 Å². The summed E-state index contributed by atoms with van der Waals surface area (Å²) in [5, 5.41) is 5.67. The number of piperidine rings is 3. The number of rotatable bonds is 3. The fourth-order valence-electron chi connectivity index (χ4n) is 5.60. The van der Waals surface area contributed by atoms with Crippen molar-refractivity contribution in [3.05, 3.63) is 29.3 Å². The van der Waals surface area contributed by atoms with Crippen molar-refractivity contribution in [1.29, 1.82) is 0 Å². The number of carbonyl (C=O) groups is 4. The Balaban J connectivity index is 1.29. The topological polar surface area (TPSA) is 98.8 Å². The van der Waals surface area contributed by atoms with Gasteiger partial charge < -0.3 is 10.2 Å². The number of fused-ring (bicyclic) bond motifs is 1. The smallest absolute Gasteiger partial charge is 0.262 e. The number of benzene rings is 1. The van der Waals surface area contributed by atoms with Gasteiger partial charge in [0, 0.05) is 25.2 Å². The molecule has 164 valence electrons. The van der Waals surface area contributed by atoms with Crippen LogP contribution in [0.25, 0.3) is 0 Å². The lowest BCUT2D eigenvalue weighted by Gasteiger charge is -2.38. The molecular formula is C23H28N4O4. The van der Waals surface area contributed by atoms with Crippen molar-refractivity contribution in [3.63, 3.8) is 0 Å². The number of hydrogen-bond donors (Lipinski definition) is 2. The maximum Gasteiger partial charge on any atom is 0.262 e. The predicted octanol–water partition coefficient (Wildman–Crippen LogP) is 1.30. The molecule has 1 atom stereocenters. The van der Waals surface area contributed by atoms with E-state index in [2.05, 4.69) is 15.5 Å². The van der Waals surface area contributed by atoms with Crippen LogP contribution in [-0.4, -0.2) is 60.7 Å². The van der Waals surface area contributed by atoms with Crippen molar-refractivity contribution in [3.8, 4) is 0 Å². The highest BCUT2D eigenvalue weighted by Crippen LogP contribution is 2.35. The molecule has 1 aromatic carbocycles. The van der Waals surface area contributed by atoms with E-state index in [9.17, 15) is 19.2 Å². The van der Waals surface area contributed by atoms with Crippen LogP contribution in [0, 0.1) is 11.8 Å². The largest absolute Gasteiger partial charge is 0.371 e. The Hall–Kier alpha value is -2.74. The second kappa shape index (κ2) is 8.07. The van der Waals surface area contributed by atoms with Crippen LogP contribution in [0.3, 0.4) is 0 Å². The summed E-state index contributed by atoms with van der Waals surface area (Å²) in [4.78, 5) is 52.9. The van der Waals surface area contributed by atoms with E-state index in [-0.39, 0.29) is 18.7 Å². The average Bonchev–Trinajstić information content (AvgIpc) is 3.04. The summed E-state index contributed by atoms with van der Waals surface area (Å²) in [6.07, 6.45) is 5.12. The maximum absolute atomic E-state index is 13.0. The Morgan fingerprint density at radius 1 is 0.806 bits per heavy atom. The van der Waals surface area contributed by atoms with Gasteiger partial charge in [0.1, 0.15) is 6.04 Å². The van der Waals surface area contributed by atoms with E-state index < -0.39 is 23.8 Å². The molecule has 0 radical (unpaired) electrons. The van der Waals surface area contributed by atoms with Crippen LogP contribution in [0.5, 0.6) is 0 Å². The second-order valence-electron chi connectivity index (χ2n) is 9.09. The first-order chi connectivity index (χ1) is 15.0. The van der Waals surface area contributed by atoms with Crippen LogP contribution in [0.4, 0.5) is 5.69 Å². The molecule has 3 fully saturated rings. The third-order valence-corrected chi connectivity index (χ3v) is 7.38. The summed E-state index contributed by atoms with van der Waals surface area (Å²) in [6, 6.07) is 4.49. The molecule has 0 aliphatic carbocycles. The first-order valence-electron chi connectivity index (χ1n) is 11.3. The highest BCUT2D eigenvalue weighted by molar-refractivity contribution is 6.23. The minimum atomic E-state index is -0.922. The van der Waals surface area contributed by atoms with Crippen molar-refractivity contribution in [2.24, 2.45) is 11.8 Å². The number of carbonyl (C=O) groups excluding carboxylic acids is 4. The first kappa shape index (κ1) is 20.2. The highest BCUT2D eigenvalue weighted by atomic mass is 16.2. The Bertz CT molecular complexity index is 932. The minimum Gasteiger partial charge on any atom is -0.371 e. The van der Waals surface area contributed by atoms with Gasteiger partial charge >= 0.3 is 0 Å². The van der Waals surface area contributed by atoms with Crippen LogP contribution in [0.2, 0.25) is 0 Å². The maximum atomic E-state index is 13.0. The van der Waals surface area contributed by atoms with Crippen molar-refractivity contribution >= 4 is 29.3 Å². The lowest BCUT2D eigenvalue weighted by Crippen LogP contribution is -2.54. The van der Waals surface area contributed by atoms with Gasteiger partial charge in [0.05, 0.1) is 11.1 Å². The Labute approximate surface area is 181 Å². The van der Waals surface area contributed by atoms with Crippen LogP contribution in [-0.2, 0) is 9.59 Å². The molecule has 1 aromatic rings. The van der Waals surface area contributed by atoms with Gasteiger partial charge in [-0.3, -0.25) is 29.4 Å². The van der Waals surface area contributed by atoms with Gasteiger partial charge in [0.25, 0.3) is 11.8 Å². The average molecular weight is 425 g/mol. The van der Waals surface area contributed by atoms with E-state index in [1.54, 1.807) is 12.1 Å². The predicted molar refractivity (Wildman–Crippen MR) is 114 cm³/mol. The highest BCUT2D eigenvalue weighted by Gasteiger charge is 2.44. The van der Waals surface area contributed by atoms with E-state index >= 15 is 0 Å². The van der Waals surface area contributed by atoms with Crippen molar-refractivity contribution in [1.82, 2.24) is 15.5 Å². The molecule has 4 heterocycles. The number of imide groups is 2. The minimum absolute atomic E-state index is 0.126. The molecular weight excluding hydrogens is 396 g/mol. The van der Waals surface area contributed by atoms with Crippen LogP contribution < -0.4 is 15.5 Å². The van der Waals surface area contributed by atoms with Gasteiger partial charge in [0.15, 0.2) is 0 Å². The fourth-order valence-corrected chi connectivity index (χ4v) is 5.60. The monoisotopic (exact) mass is 424 g/mol. The second-order valence-corrected chi connectivity index (χ2v) is 9.09. The van der Waals surface area contributed by atoms with Crippen LogP contribution in [0.1, 0.15) is 59.2 Å². The van der Waals surface area contributed by atoms with Crippen LogP contribution in [0.15, 0.2) is 18.2 Å². The molecule has 8 nitrogen and oxygen atoms in total. The summed E-state index contributed by atoms with van der Waals surface area (Å²) in [5.74, 6) is -0.269. The number of nitrogens with one attached hydrogen (secondary N) is 2. The normalized spacial score (nSPS) is 25.7. The zero-order valence-electron chi connectivity index (χ0n) is 17.6. The van der Waals surface area contributed by atoms with Crippen molar-refractivity contribution < 1.29 is 19.2 Å². The van der Waals surface area contributed by atoms with Gasteiger partial charge in [-0.1, -0.05) is 0 Å². The molecule has 0 bridgehead atoms. The zero-order valence-corrected chi connectivity index (χ0v) is 17.6. The Morgan fingerprint density at radius 2 is 1.48 bits per heavy atom. The Kier molecular flexibility index (Phi) is 5.25. The van der Waals surface area contributed by atoms with E-state index in [0.717, 1.165) is 61.4 Å². The molecule has 31 heavy (non-hydrogen) atoms. The SMILES string of the molecule is O=C1CCC(N2C(=O)c3ccc(N4CCC(C5CCNCC5)CC4)cc3C2=O)C(=O)N1. The summed E-state index contributed by atoms with van der Waals surface area (Å²) in [6.45, 7) is 4.14. The lowest BCUT2D eigenvalue weighted by atomic mass is 9.79. The zero-order chi connectivity index (χ0) is 21.5. The van der Waals surface area contributed by atoms with Gasteiger partial charge in [-0.05, 0) is 75.2 Å². The summed E-state index contributed by atoms with van der Waals surface area (Å²) < 4.78 is 0. The molecule has 5 rings (SSSR count). The third kappa shape index (κ3) is 3.63. The summed E-state index contributed by atoms with van der Waals surface area (Å²) in [7, 11) is 0. The number of amides is 4. The molecule has 3 saturated heterocycles. The van der Waals surface area contributed by atoms with E-state index in [1.807, 2.05) is 6.07 Å². The quantitative estimate of drug-likeness (QED) is 0.710. The molecule has 8 heteroatoms. The molecule has 1 unspecified atom stereocenters. The molecule has 4 amide bonds. The van der Waals surface area contributed by atoms with Gasteiger partial charge in [-0.25, -0.2) is 0 Å². The summed E-state index contributed by atoms with van der Waals surface area (Å²) in [5.41, 5.74) is 1.64. The molecule has 0 aromatic heterocycles. The first-order valence-corrected chi connectivity index (χ1v) is 11.3. The number of hydrogen-bond acceptors (Lipinski definition) is 6. The van der Waals surface area contributed by atoms with E-state index in [4.69, 9.17) is 0 Å². The van der Waals surface area contributed by atoms with Gasteiger partial charge in [-0.2, -0.15) is 0 Å². The van der Waals surface area contributed by atoms with Crippen molar-refractivity contribution in [2.75, 3.05) is 31.1 Å². The molecule has 4 aliphatic rings. The van der Waals surface area contributed by atoms with E-state index in [1.165, 1.54) is 12.8 Å².